The van der Waals surface area contributed by atoms with Gasteiger partial charge in [0.05, 0.1) is 12.6 Å². The predicted octanol–water partition coefficient (Wildman–Crippen LogP) is 0.759. The summed E-state index contributed by atoms with van der Waals surface area (Å²) in [4.78, 5) is 26.6. The fraction of sp³-hybridized carbons (Fsp3) is 0. The van der Waals surface area contributed by atoms with Crippen molar-refractivity contribution in [3.8, 4) is 0 Å². The van der Waals surface area contributed by atoms with Crippen LogP contribution in [0.15, 0.2) is 29.1 Å². The summed E-state index contributed by atoms with van der Waals surface area (Å²) in [6.45, 7) is 0. The zero-order valence-corrected chi connectivity index (χ0v) is 8.54. The molecular formula is C10H7N5O2. The molecule has 3 rings (SSSR count). The lowest BCUT2D eigenvalue weighted by molar-refractivity contribution is 0.1000. The molecule has 0 fully saturated rings. The van der Waals surface area contributed by atoms with Gasteiger partial charge in [0.1, 0.15) is 5.52 Å². The van der Waals surface area contributed by atoms with E-state index >= 15 is 0 Å². The number of nitrogens with zero attached hydrogens (tertiary/aromatic N) is 3. The molecule has 3 aromatic rings. The van der Waals surface area contributed by atoms with Crippen LogP contribution in [0, 0.1) is 0 Å². The number of nitrogens with one attached hydrogen (secondary N) is 1. The van der Waals surface area contributed by atoms with Crippen molar-refractivity contribution in [2.75, 3.05) is 5.73 Å². The minimum Gasteiger partial charge on any atom is -0.461 e. The van der Waals surface area contributed by atoms with Crippen molar-refractivity contribution < 1.29 is 9.21 Å². The minimum absolute atomic E-state index is 0.0305. The molecule has 0 amide bonds. The Morgan fingerprint density at radius 2 is 2.29 bits per heavy atom. The van der Waals surface area contributed by atoms with Crippen molar-refractivity contribution in [3.05, 3.63) is 36.3 Å². The third-order valence-corrected chi connectivity index (χ3v) is 2.26. The summed E-state index contributed by atoms with van der Waals surface area (Å²) in [5.41, 5.74) is 6.56. The normalized spacial score (nSPS) is 10.8. The van der Waals surface area contributed by atoms with E-state index in [-0.39, 0.29) is 17.4 Å². The van der Waals surface area contributed by atoms with E-state index in [0.29, 0.717) is 11.2 Å². The molecule has 0 spiro atoms. The molecule has 0 aliphatic heterocycles. The van der Waals surface area contributed by atoms with Crippen molar-refractivity contribution in [2.24, 2.45) is 0 Å². The highest BCUT2D eigenvalue weighted by Crippen LogP contribution is 2.15. The summed E-state index contributed by atoms with van der Waals surface area (Å²) in [5, 5.41) is 0. The van der Waals surface area contributed by atoms with Gasteiger partial charge in [-0.3, -0.25) is 4.79 Å². The predicted molar refractivity (Wildman–Crippen MR) is 58.2 cm³/mol. The van der Waals surface area contributed by atoms with E-state index in [2.05, 4.69) is 19.9 Å². The Morgan fingerprint density at radius 1 is 1.41 bits per heavy atom. The first-order valence-corrected chi connectivity index (χ1v) is 4.80. The number of furan rings is 1. The van der Waals surface area contributed by atoms with E-state index in [1.807, 2.05) is 0 Å². The topological polar surface area (TPSA) is 111 Å². The average Bonchev–Trinajstić information content (AvgIpc) is 2.98. The van der Waals surface area contributed by atoms with E-state index < -0.39 is 5.78 Å². The maximum atomic E-state index is 11.9. The molecule has 0 atom stereocenters. The van der Waals surface area contributed by atoms with Gasteiger partial charge in [0.25, 0.3) is 5.78 Å². The Hall–Kier alpha value is -2.70. The summed E-state index contributed by atoms with van der Waals surface area (Å²) in [5.74, 6) is -0.106. The lowest BCUT2D eigenvalue weighted by atomic mass is 10.3. The second-order valence-corrected chi connectivity index (χ2v) is 3.34. The van der Waals surface area contributed by atoms with Gasteiger partial charge in [0.2, 0.25) is 5.82 Å². The number of H-pyrrole nitrogens is 1. The van der Waals surface area contributed by atoms with Gasteiger partial charge in [0.15, 0.2) is 17.2 Å². The first-order chi connectivity index (χ1) is 8.25. The number of hydrogen-bond acceptors (Lipinski definition) is 6. The van der Waals surface area contributed by atoms with E-state index in [1.165, 1.54) is 18.7 Å². The number of carbonyl (C=O) groups excluding carboxylic acids is 1. The van der Waals surface area contributed by atoms with Gasteiger partial charge in [-0.2, -0.15) is 0 Å². The van der Waals surface area contributed by atoms with Gasteiger partial charge < -0.3 is 15.1 Å². The maximum Gasteiger partial charge on any atom is 0.265 e. The van der Waals surface area contributed by atoms with Crippen LogP contribution < -0.4 is 5.73 Å². The van der Waals surface area contributed by atoms with Crippen LogP contribution in [-0.2, 0) is 0 Å². The van der Waals surface area contributed by atoms with E-state index in [9.17, 15) is 4.79 Å². The largest absolute Gasteiger partial charge is 0.461 e. The standard InChI is InChI=1S/C10H7N5O2/c11-8-6-9(13-4-12-6)15-10(14-8)7(16)5-2-1-3-17-5/h1-4H,(H3,11,12,13,14,15). The van der Waals surface area contributed by atoms with Crippen LogP contribution >= 0.6 is 0 Å². The number of hydrogen-bond donors (Lipinski definition) is 2. The van der Waals surface area contributed by atoms with E-state index in [0.717, 1.165) is 0 Å². The van der Waals surface area contributed by atoms with Crippen molar-refractivity contribution in [2.45, 2.75) is 0 Å². The van der Waals surface area contributed by atoms with Crippen LogP contribution in [0.1, 0.15) is 16.4 Å². The molecular weight excluding hydrogens is 222 g/mol. The molecule has 0 bridgehead atoms. The van der Waals surface area contributed by atoms with Gasteiger partial charge in [-0.15, -0.1) is 0 Å². The molecule has 3 heterocycles. The molecule has 0 unspecified atom stereocenters. The minimum atomic E-state index is -0.424. The lowest BCUT2D eigenvalue weighted by Gasteiger charge is -1.98. The van der Waals surface area contributed by atoms with Crippen molar-refractivity contribution in [1.82, 2.24) is 19.9 Å². The Kier molecular flexibility index (Phi) is 1.91. The van der Waals surface area contributed by atoms with Crippen LogP contribution in [0.3, 0.4) is 0 Å². The summed E-state index contributed by atoms with van der Waals surface area (Å²) < 4.78 is 4.98. The van der Waals surface area contributed by atoms with Crippen LogP contribution in [0.2, 0.25) is 0 Å². The second-order valence-electron chi connectivity index (χ2n) is 3.34. The molecule has 0 aliphatic carbocycles. The third-order valence-electron chi connectivity index (χ3n) is 2.26. The number of nitrogens with two attached hydrogens (primary N) is 1. The summed E-state index contributed by atoms with van der Waals surface area (Å²) in [6.07, 6.45) is 2.85. The molecule has 3 aromatic heterocycles. The van der Waals surface area contributed by atoms with E-state index in [4.69, 9.17) is 10.2 Å². The van der Waals surface area contributed by atoms with Crippen molar-refractivity contribution in [3.63, 3.8) is 0 Å². The molecule has 84 valence electrons. The first-order valence-electron chi connectivity index (χ1n) is 4.80. The number of aromatic amines is 1. The lowest BCUT2D eigenvalue weighted by Crippen LogP contribution is -2.08. The highest BCUT2D eigenvalue weighted by molar-refractivity contribution is 6.05. The highest BCUT2D eigenvalue weighted by Gasteiger charge is 2.17. The number of ketones is 1. The molecule has 17 heavy (non-hydrogen) atoms. The number of nitrogen functional groups attached to an aromatic ring is 1. The zero-order valence-electron chi connectivity index (χ0n) is 8.54. The third kappa shape index (κ3) is 1.44. The van der Waals surface area contributed by atoms with Crippen molar-refractivity contribution in [1.29, 1.82) is 0 Å². The summed E-state index contributed by atoms with van der Waals surface area (Å²) in [7, 11) is 0. The van der Waals surface area contributed by atoms with E-state index in [1.54, 1.807) is 6.07 Å². The van der Waals surface area contributed by atoms with Crippen LogP contribution in [0.5, 0.6) is 0 Å². The Balaban J connectivity index is 2.15. The fourth-order valence-corrected chi connectivity index (χ4v) is 1.48. The highest BCUT2D eigenvalue weighted by atomic mass is 16.3. The number of rotatable bonds is 2. The van der Waals surface area contributed by atoms with Gasteiger partial charge in [0, 0.05) is 0 Å². The zero-order chi connectivity index (χ0) is 11.8. The molecule has 7 nitrogen and oxygen atoms in total. The Bertz CT molecular complexity index is 686. The van der Waals surface area contributed by atoms with Crippen LogP contribution in [0.25, 0.3) is 11.2 Å². The SMILES string of the molecule is Nc1nc(C(=O)c2ccco2)nc2nc[nH]c12. The number of fused-ring (bicyclic) bond motifs is 1. The summed E-state index contributed by atoms with van der Waals surface area (Å²) >= 11 is 0. The number of anilines is 1. The summed E-state index contributed by atoms with van der Waals surface area (Å²) in [6, 6.07) is 3.15. The number of carbonyl (C=O) groups is 1. The van der Waals surface area contributed by atoms with Crippen LogP contribution in [-0.4, -0.2) is 25.7 Å². The second kappa shape index (κ2) is 3.41. The Morgan fingerprint density at radius 3 is 3.06 bits per heavy atom. The molecule has 0 saturated heterocycles. The van der Waals surface area contributed by atoms with Gasteiger partial charge in [-0.05, 0) is 12.1 Å². The van der Waals surface area contributed by atoms with Crippen LogP contribution in [0.4, 0.5) is 5.82 Å². The van der Waals surface area contributed by atoms with Gasteiger partial charge in [-0.1, -0.05) is 0 Å². The molecule has 0 aromatic carbocycles. The molecule has 0 aliphatic rings. The first kappa shape index (κ1) is 9.52. The maximum absolute atomic E-state index is 11.9. The molecule has 7 heteroatoms. The fourth-order valence-electron chi connectivity index (χ4n) is 1.48. The molecule has 0 saturated carbocycles. The smallest absolute Gasteiger partial charge is 0.265 e. The number of imidazole rings is 1. The monoisotopic (exact) mass is 229 g/mol. The van der Waals surface area contributed by atoms with Gasteiger partial charge >= 0.3 is 0 Å². The van der Waals surface area contributed by atoms with Crippen molar-refractivity contribution >= 4 is 22.8 Å². The Labute approximate surface area is 94.7 Å². The van der Waals surface area contributed by atoms with Gasteiger partial charge in [-0.25, -0.2) is 15.0 Å². The molecule has 0 radical (unpaired) electrons. The quantitative estimate of drug-likeness (QED) is 0.627. The average molecular weight is 229 g/mol. The molecule has 3 N–H and O–H groups in total. The number of aromatic nitrogens is 4.